The highest BCUT2D eigenvalue weighted by Crippen LogP contribution is 2.40. The highest BCUT2D eigenvalue weighted by molar-refractivity contribution is 6.31. The third kappa shape index (κ3) is 4.42. The van der Waals surface area contributed by atoms with Gasteiger partial charge in [-0.15, -0.1) is 0 Å². The van der Waals surface area contributed by atoms with E-state index in [1.54, 1.807) is 7.11 Å². The zero-order chi connectivity index (χ0) is 21.1. The first-order valence-electron chi connectivity index (χ1n) is 10.6. The van der Waals surface area contributed by atoms with Gasteiger partial charge in [-0.1, -0.05) is 11.6 Å². The van der Waals surface area contributed by atoms with Crippen molar-refractivity contribution in [3.63, 3.8) is 0 Å². The number of piperidine rings is 1. The van der Waals surface area contributed by atoms with E-state index in [9.17, 15) is 0 Å². The molecule has 1 atom stereocenters. The van der Waals surface area contributed by atoms with Gasteiger partial charge in [-0.25, -0.2) is 4.98 Å². The minimum absolute atomic E-state index is 0.0852. The molecule has 162 valence electrons. The molecule has 0 spiro atoms. The number of benzene rings is 1. The number of ether oxygens (including phenoxy) is 2. The van der Waals surface area contributed by atoms with Crippen LogP contribution in [0.5, 0.6) is 5.75 Å². The standard InChI is InChI=1S/C22H30ClN5O2/c1-15-11-21(26-22(24)25-15)28-9-6-10-30-14-19(28)16-12-20(29-2)18(13-17(16)23)27-7-4-3-5-8-27/h11-13,19H,3-10,14H2,1-2H3,(H2,24,25,26). The first kappa shape index (κ1) is 21.0. The molecule has 1 aromatic carbocycles. The van der Waals surface area contributed by atoms with Crippen molar-refractivity contribution in [2.24, 2.45) is 0 Å². The summed E-state index contributed by atoms with van der Waals surface area (Å²) in [5.74, 6) is 1.92. The molecule has 0 saturated carbocycles. The van der Waals surface area contributed by atoms with Gasteiger partial charge in [0.1, 0.15) is 11.6 Å². The largest absolute Gasteiger partial charge is 0.495 e. The van der Waals surface area contributed by atoms with Crippen LogP contribution < -0.4 is 20.3 Å². The molecule has 2 aromatic rings. The first-order valence-corrected chi connectivity index (χ1v) is 11.0. The van der Waals surface area contributed by atoms with Crippen molar-refractivity contribution < 1.29 is 9.47 Å². The second-order valence-electron chi connectivity index (χ2n) is 7.96. The summed E-state index contributed by atoms with van der Waals surface area (Å²) in [5, 5.41) is 0.718. The lowest BCUT2D eigenvalue weighted by Gasteiger charge is -2.34. The highest BCUT2D eigenvalue weighted by Gasteiger charge is 2.29. The molecule has 4 rings (SSSR count). The van der Waals surface area contributed by atoms with Gasteiger partial charge in [0, 0.05) is 43.0 Å². The minimum atomic E-state index is -0.0852. The number of anilines is 3. The van der Waals surface area contributed by atoms with Crippen molar-refractivity contribution in [1.29, 1.82) is 0 Å². The number of hydrogen-bond donors (Lipinski definition) is 1. The molecule has 1 aromatic heterocycles. The van der Waals surface area contributed by atoms with Gasteiger partial charge >= 0.3 is 0 Å². The van der Waals surface area contributed by atoms with Crippen LogP contribution in [0, 0.1) is 6.92 Å². The van der Waals surface area contributed by atoms with Crippen molar-refractivity contribution in [1.82, 2.24) is 9.97 Å². The highest BCUT2D eigenvalue weighted by atomic mass is 35.5. The maximum atomic E-state index is 6.86. The summed E-state index contributed by atoms with van der Waals surface area (Å²) < 4.78 is 11.7. The molecule has 0 radical (unpaired) electrons. The van der Waals surface area contributed by atoms with Crippen molar-refractivity contribution in [2.75, 3.05) is 55.5 Å². The second kappa shape index (κ2) is 9.27. The third-order valence-electron chi connectivity index (χ3n) is 5.85. The molecule has 0 bridgehead atoms. The number of nitrogens with zero attached hydrogens (tertiary/aromatic N) is 4. The van der Waals surface area contributed by atoms with Gasteiger partial charge in [0.25, 0.3) is 0 Å². The van der Waals surface area contributed by atoms with E-state index in [1.165, 1.54) is 19.3 Å². The Morgan fingerprint density at radius 3 is 2.63 bits per heavy atom. The Morgan fingerprint density at radius 2 is 1.90 bits per heavy atom. The molecular weight excluding hydrogens is 402 g/mol. The third-order valence-corrected chi connectivity index (χ3v) is 6.17. The zero-order valence-corrected chi connectivity index (χ0v) is 18.5. The van der Waals surface area contributed by atoms with E-state index in [0.717, 1.165) is 59.6 Å². The van der Waals surface area contributed by atoms with Crippen molar-refractivity contribution in [3.05, 3.63) is 34.5 Å². The molecular formula is C22H30ClN5O2. The van der Waals surface area contributed by atoms with Crippen LogP contribution >= 0.6 is 11.6 Å². The number of nitrogen functional groups attached to an aromatic ring is 1. The number of nitrogens with two attached hydrogens (primary N) is 1. The van der Waals surface area contributed by atoms with E-state index in [2.05, 4.69) is 25.8 Å². The predicted octanol–water partition coefficient (Wildman–Crippen LogP) is 3.99. The van der Waals surface area contributed by atoms with Gasteiger partial charge in [0.05, 0.1) is 25.4 Å². The number of halogens is 1. The van der Waals surface area contributed by atoms with Crippen molar-refractivity contribution in [3.8, 4) is 5.75 Å². The van der Waals surface area contributed by atoms with E-state index in [1.807, 2.05) is 19.1 Å². The van der Waals surface area contributed by atoms with Gasteiger partial charge in [0.2, 0.25) is 5.95 Å². The molecule has 8 heteroatoms. The Balaban J connectivity index is 1.73. The fourth-order valence-electron chi connectivity index (χ4n) is 4.39. The zero-order valence-electron chi connectivity index (χ0n) is 17.7. The van der Waals surface area contributed by atoms with Crippen LogP contribution in [0.25, 0.3) is 0 Å². The number of methoxy groups -OCH3 is 1. The van der Waals surface area contributed by atoms with Crippen LogP contribution in [-0.4, -0.2) is 49.9 Å². The molecule has 30 heavy (non-hydrogen) atoms. The predicted molar refractivity (Wildman–Crippen MR) is 121 cm³/mol. The summed E-state index contributed by atoms with van der Waals surface area (Å²) in [4.78, 5) is 13.3. The number of aromatic nitrogens is 2. The van der Waals surface area contributed by atoms with Crippen LogP contribution in [0.4, 0.5) is 17.5 Å². The van der Waals surface area contributed by atoms with Gasteiger partial charge in [0.15, 0.2) is 0 Å². The first-order chi connectivity index (χ1) is 14.6. The smallest absolute Gasteiger partial charge is 0.222 e. The molecule has 2 aliphatic rings. The SMILES string of the molecule is COc1cc(C2COCCCN2c2cc(C)nc(N)n2)c(Cl)cc1N1CCCCC1. The maximum absolute atomic E-state index is 6.86. The minimum Gasteiger partial charge on any atom is -0.495 e. The van der Waals surface area contributed by atoms with Crippen LogP contribution in [0.3, 0.4) is 0 Å². The fourth-order valence-corrected chi connectivity index (χ4v) is 4.67. The van der Waals surface area contributed by atoms with Crippen LogP contribution in [0.15, 0.2) is 18.2 Å². The molecule has 0 amide bonds. The van der Waals surface area contributed by atoms with Gasteiger partial charge < -0.3 is 25.0 Å². The summed E-state index contributed by atoms with van der Waals surface area (Å²) in [5.41, 5.74) is 8.82. The van der Waals surface area contributed by atoms with Crippen LogP contribution in [0.1, 0.15) is 43.0 Å². The summed E-state index contributed by atoms with van der Waals surface area (Å²) in [6.07, 6.45) is 4.57. The molecule has 0 aliphatic carbocycles. The molecule has 3 heterocycles. The summed E-state index contributed by atoms with van der Waals surface area (Å²) in [7, 11) is 1.72. The molecule has 2 aliphatic heterocycles. The normalized spacial score (nSPS) is 20.2. The second-order valence-corrected chi connectivity index (χ2v) is 8.36. The Kier molecular flexibility index (Phi) is 6.49. The van der Waals surface area contributed by atoms with Gasteiger partial charge in [-0.2, -0.15) is 4.98 Å². The molecule has 2 N–H and O–H groups in total. The Labute approximate surface area is 183 Å². The molecule has 7 nitrogen and oxygen atoms in total. The van der Waals surface area contributed by atoms with E-state index < -0.39 is 0 Å². The Hall–Kier alpha value is -2.25. The summed E-state index contributed by atoms with van der Waals surface area (Å²) in [6.45, 7) is 6.01. The van der Waals surface area contributed by atoms with E-state index >= 15 is 0 Å². The van der Waals surface area contributed by atoms with Gasteiger partial charge in [-0.05, 0) is 50.3 Å². The Bertz CT molecular complexity index is 868. The summed E-state index contributed by atoms with van der Waals surface area (Å²) >= 11 is 6.86. The van der Waals surface area contributed by atoms with E-state index in [0.29, 0.717) is 13.2 Å². The monoisotopic (exact) mass is 431 g/mol. The number of rotatable bonds is 4. The van der Waals surface area contributed by atoms with Gasteiger partial charge in [-0.3, -0.25) is 0 Å². The number of aryl methyl sites for hydroxylation is 1. The number of hydrogen-bond acceptors (Lipinski definition) is 7. The lowest BCUT2D eigenvalue weighted by molar-refractivity contribution is 0.134. The van der Waals surface area contributed by atoms with Crippen LogP contribution in [-0.2, 0) is 4.74 Å². The van der Waals surface area contributed by atoms with E-state index in [-0.39, 0.29) is 12.0 Å². The molecule has 2 fully saturated rings. The summed E-state index contributed by atoms with van der Waals surface area (Å²) in [6, 6.07) is 5.99. The Morgan fingerprint density at radius 1 is 1.10 bits per heavy atom. The molecule has 1 unspecified atom stereocenters. The average Bonchev–Trinajstić information content (AvgIpc) is 2.99. The lowest BCUT2D eigenvalue weighted by Crippen LogP contribution is -2.32. The van der Waals surface area contributed by atoms with Crippen LogP contribution in [0.2, 0.25) is 5.02 Å². The maximum Gasteiger partial charge on any atom is 0.222 e. The van der Waals surface area contributed by atoms with E-state index in [4.69, 9.17) is 26.8 Å². The fraction of sp³-hybridized carbons (Fsp3) is 0.545. The van der Waals surface area contributed by atoms with Crippen molar-refractivity contribution in [2.45, 2.75) is 38.6 Å². The van der Waals surface area contributed by atoms with Crippen molar-refractivity contribution >= 4 is 29.1 Å². The lowest BCUT2D eigenvalue weighted by atomic mass is 10.0. The quantitative estimate of drug-likeness (QED) is 0.784. The topological polar surface area (TPSA) is 76.7 Å². The molecule has 2 saturated heterocycles. The average molecular weight is 432 g/mol.